The molecule has 0 unspecified atom stereocenters. The van der Waals surface area contributed by atoms with E-state index in [1.807, 2.05) is 0 Å². The van der Waals surface area contributed by atoms with Crippen LogP contribution in [0.1, 0.15) is 20.8 Å². The van der Waals surface area contributed by atoms with Gasteiger partial charge < -0.3 is 15.4 Å². The van der Waals surface area contributed by atoms with E-state index in [9.17, 15) is 9.59 Å². The molecular weight excluding hydrogens is 403 g/mol. The van der Waals surface area contributed by atoms with Gasteiger partial charge in [0.15, 0.2) is 5.60 Å². The van der Waals surface area contributed by atoms with Gasteiger partial charge in [0.05, 0.1) is 11.7 Å². The van der Waals surface area contributed by atoms with Crippen molar-refractivity contribution in [3.05, 3.63) is 41.4 Å². The number of benzene rings is 1. The summed E-state index contributed by atoms with van der Waals surface area (Å²) in [5.41, 5.74) is -0.0165. The Morgan fingerprint density at radius 1 is 1.29 bits per heavy atom. The summed E-state index contributed by atoms with van der Waals surface area (Å²) in [6, 6.07) is 9.95. The van der Waals surface area contributed by atoms with Gasteiger partial charge in [-0.15, -0.1) is 12.4 Å². The first-order chi connectivity index (χ1) is 12.7. The van der Waals surface area contributed by atoms with Crippen LogP contribution in [0.4, 0.5) is 17.2 Å². The number of hydrogen-bond donors (Lipinski definition) is 2. The van der Waals surface area contributed by atoms with Crippen molar-refractivity contribution in [2.24, 2.45) is 0 Å². The number of anilines is 3. The number of carbonyl (C=O) groups is 2. The van der Waals surface area contributed by atoms with E-state index in [1.165, 1.54) is 4.90 Å². The van der Waals surface area contributed by atoms with E-state index in [0.717, 1.165) is 0 Å². The molecule has 1 aromatic heterocycles. The molecule has 0 saturated heterocycles. The minimum Gasteiger partial charge on any atom is -0.460 e. The van der Waals surface area contributed by atoms with Gasteiger partial charge in [-0.3, -0.25) is 14.5 Å². The molecule has 2 aromatic rings. The Kier molecular flexibility index (Phi) is 6.54. The van der Waals surface area contributed by atoms with Gasteiger partial charge in [-0.25, -0.2) is 0 Å². The molecule has 1 aromatic carbocycles. The average molecular weight is 425 g/mol. The number of likely N-dealkylation sites (N-methyl/N-ethyl adjacent to an activating group) is 1. The van der Waals surface area contributed by atoms with Crippen LogP contribution in [-0.2, 0) is 9.59 Å². The number of nitrogens with zero attached hydrogens (tertiary/aromatic N) is 2. The second-order valence-corrected chi connectivity index (χ2v) is 7.19. The van der Waals surface area contributed by atoms with Crippen LogP contribution in [0.15, 0.2) is 36.4 Å². The summed E-state index contributed by atoms with van der Waals surface area (Å²) in [6.45, 7) is 5.09. The molecule has 0 bridgehead atoms. The highest BCUT2D eigenvalue weighted by molar-refractivity contribution is 6.31. The second kappa shape index (κ2) is 8.34. The zero-order valence-electron chi connectivity index (χ0n) is 15.9. The Bertz CT molecular complexity index is 904. The van der Waals surface area contributed by atoms with Gasteiger partial charge in [-0.2, -0.15) is 4.98 Å². The van der Waals surface area contributed by atoms with Crippen molar-refractivity contribution in [3.8, 4) is 5.88 Å². The molecule has 1 aliphatic heterocycles. The molecule has 28 heavy (non-hydrogen) atoms. The summed E-state index contributed by atoms with van der Waals surface area (Å²) in [4.78, 5) is 31.0. The van der Waals surface area contributed by atoms with Crippen LogP contribution in [0.3, 0.4) is 0 Å². The minimum atomic E-state index is -1.12. The smallest absolute Gasteiger partial charge is 0.275 e. The molecule has 0 saturated carbocycles. The zero-order valence-corrected chi connectivity index (χ0v) is 17.5. The number of halogens is 2. The normalized spacial score (nSPS) is 15.8. The van der Waals surface area contributed by atoms with Gasteiger partial charge in [0, 0.05) is 5.02 Å². The summed E-state index contributed by atoms with van der Waals surface area (Å²) in [7, 11) is 1.70. The Hall–Kier alpha value is -2.35. The minimum absolute atomic E-state index is 0. The largest absolute Gasteiger partial charge is 0.460 e. The lowest BCUT2D eigenvalue weighted by atomic mass is 10.0. The van der Waals surface area contributed by atoms with Crippen molar-refractivity contribution in [2.45, 2.75) is 32.4 Å². The fraction of sp³-hybridized carbons (Fsp3) is 0.316. The number of aromatic nitrogens is 1. The van der Waals surface area contributed by atoms with Gasteiger partial charge >= 0.3 is 0 Å². The molecule has 0 radical (unpaired) electrons. The number of fused-ring (bicyclic) bond motifs is 1. The predicted octanol–water partition coefficient (Wildman–Crippen LogP) is 3.54. The molecule has 3 rings (SSSR count). The monoisotopic (exact) mass is 424 g/mol. The van der Waals surface area contributed by atoms with Crippen LogP contribution >= 0.6 is 24.0 Å². The van der Waals surface area contributed by atoms with Gasteiger partial charge in [-0.1, -0.05) is 17.7 Å². The highest BCUT2D eigenvalue weighted by atomic mass is 35.5. The average Bonchev–Trinajstić information content (AvgIpc) is 2.61. The number of carbonyl (C=O) groups excluding carboxylic acids is 2. The molecule has 150 valence electrons. The van der Waals surface area contributed by atoms with Gasteiger partial charge in [0.2, 0.25) is 11.8 Å². The molecule has 0 spiro atoms. The maximum Gasteiger partial charge on any atom is 0.275 e. The number of nitrogens with one attached hydrogen (secondary N) is 2. The van der Waals surface area contributed by atoms with Crippen molar-refractivity contribution in [1.29, 1.82) is 0 Å². The Balaban J connectivity index is 0.00000280. The third-order valence-electron chi connectivity index (χ3n) is 4.30. The second-order valence-electron chi connectivity index (χ2n) is 6.75. The summed E-state index contributed by atoms with van der Waals surface area (Å²) in [5, 5.41) is 6.11. The first-order valence-electron chi connectivity index (χ1n) is 8.51. The molecule has 2 N–H and O–H groups in total. The lowest BCUT2D eigenvalue weighted by molar-refractivity contribution is -0.132. The topological polar surface area (TPSA) is 83.6 Å². The van der Waals surface area contributed by atoms with E-state index in [1.54, 1.807) is 64.2 Å². The fourth-order valence-corrected chi connectivity index (χ4v) is 2.83. The van der Waals surface area contributed by atoms with Crippen molar-refractivity contribution in [3.63, 3.8) is 0 Å². The first-order valence-corrected chi connectivity index (χ1v) is 8.89. The van der Waals surface area contributed by atoms with Crippen molar-refractivity contribution in [2.75, 3.05) is 17.3 Å². The number of ether oxygens (including phenoxy) is 1. The first kappa shape index (κ1) is 21.9. The van der Waals surface area contributed by atoms with Crippen LogP contribution in [0.2, 0.25) is 5.02 Å². The van der Waals surface area contributed by atoms with E-state index in [4.69, 9.17) is 16.3 Å². The number of pyridine rings is 1. The molecular formula is C19H22Cl2N4O3. The van der Waals surface area contributed by atoms with Crippen LogP contribution in [-0.4, -0.2) is 35.5 Å². The number of hydrogen-bond acceptors (Lipinski definition) is 5. The standard InChI is InChI=1S/C19H21ClN4O3.ClH/c1-11(21-4)16(25)22-15-9-8-14-17(23-15)27-19(2,3)18(26)24(14)13-7-5-6-12(20)10-13;/h5-11,21H,1-4H3,(H,22,23,25);1H/t11-;/m0./s1. The molecule has 7 nitrogen and oxygen atoms in total. The predicted molar refractivity (Wildman–Crippen MR) is 112 cm³/mol. The van der Waals surface area contributed by atoms with Crippen LogP contribution in [0.5, 0.6) is 5.88 Å². The third-order valence-corrected chi connectivity index (χ3v) is 4.53. The molecule has 0 aliphatic carbocycles. The molecule has 2 amide bonds. The molecule has 9 heteroatoms. The highest BCUT2D eigenvalue weighted by Crippen LogP contribution is 2.41. The molecule has 2 heterocycles. The Labute approximate surface area is 174 Å². The van der Waals surface area contributed by atoms with Gasteiger partial charge in [-0.05, 0) is 58.2 Å². The highest BCUT2D eigenvalue weighted by Gasteiger charge is 2.42. The van der Waals surface area contributed by atoms with E-state index in [2.05, 4.69) is 15.6 Å². The summed E-state index contributed by atoms with van der Waals surface area (Å²) >= 11 is 6.10. The molecule has 1 atom stereocenters. The zero-order chi connectivity index (χ0) is 19.8. The van der Waals surface area contributed by atoms with E-state index < -0.39 is 5.60 Å². The van der Waals surface area contributed by atoms with Crippen LogP contribution < -0.4 is 20.3 Å². The van der Waals surface area contributed by atoms with Crippen molar-refractivity contribution < 1.29 is 14.3 Å². The summed E-state index contributed by atoms with van der Waals surface area (Å²) in [6.07, 6.45) is 0. The SMILES string of the molecule is CN[C@@H](C)C(=O)Nc1ccc2c(n1)OC(C)(C)C(=O)N2c1cccc(Cl)c1.Cl. The van der Waals surface area contributed by atoms with Gasteiger partial charge in [0.25, 0.3) is 5.91 Å². The number of amides is 2. The third kappa shape index (κ3) is 4.22. The van der Waals surface area contributed by atoms with E-state index in [0.29, 0.717) is 22.2 Å². The Morgan fingerprint density at radius 3 is 2.64 bits per heavy atom. The maximum atomic E-state index is 13.0. The quantitative estimate of drug-likeness (QED) is 0.783. The van der Waals surface area contributed by atoms with Crippen LogP contribution in [0, 0.1) is 0 Å². The lowest BCUT2D eigenvalue weighted by Gasteiger charge is -2.38. The van der Waals surface area contributed by atoms with Gasteiger partial charge in [0.1, 0.15) is 11.5 Å². The van der Waals surface area contributed by atoms with Crippen LogP contribution in [0.25, 0.3) is 0 Å². The van der Waals surface area contributed by atoms with E-state index >= 15 is 0 Å². The number of rotatable bonds is 4. The van der Waals surface area contributed by atoms with Crippen molar-refractivity contribution in [1.82, 2.24) is 10.3 Å². The lowest BCUT2D eigenvalue weighted by Crippen LogP contribution is -2.50. The summed E-state index contributed by atoms with van der Waals surface area (Å²) < 4.78 is 5.82. The fourth-order valence-electron chi connectivity index (χ4n) is 2.65. The molecule has 1 aliphatic rings. The maximum absolute atomic E-state index is 13.0. The Morgan fingerprint density at radius 2 is 2.00 bits per heavy atom. The van der Waals surface area contributed by atoms with E-state index in [-0.39, 0.29) is 36.1 Å². The van der Waals surface area contributed by atoms with Crippen molar-refractivity contribution >= 4 is 53.0 Å². The summed E-state index contributed by atoms with van der Waals surface area (Å²) in [5.74, 6) is 0.147. The molecule has 0 fully saturated rings.